The second-order valence-corrected chi connectivity index (χ2v) is 5.37. The van der Waals surface area contributed by atoms with Crippen LogP contribution >= 0.6 is 0 Å². The number of nitrogen functional groups attached to an aromatic ring is 1. The highest BCUT2D eigenvalue weighted by molar-refractivity contribution is 5.48. The number of benzene rings is 2. The molecule has 0 saturated carbocycles. The molecule has 1 heterocycles. The highest BCUT2D eigenvalue weighted by Gasteiger charge is 2.26. The lowest BCUT2D eigenvalue weighted by molar-refractivity contribution is 0.264. The Labute approximate surface area is 120 Å². The Morgan fingerprint density at radius 2 is 2.05 bits per heavy atom. The second-order valence-electron chi connectivity index (χ2n) is 5.37. The molecular weight excluding hydrogens is 248 g/mol. The smallest absolute Gasteiger partial charge is 0.119 e. The fraction of sp³-hybridized carbons (Fsp3) is 0.294. The van der Waals surface area contributed by atoms with Crippen molar-refractivity contribution in [3.8, 4) is 5.75 Å². The van der Waals surface area contributed by atoms with Crippen LogP contribution in [0, 0.1) is 0 Å². The fourth-order valence-electron chi connectivity index (χ4n) is 3.01. The van der Waals surface area contributed by atoms with Crippen molar-refractivity contribution < 1.29 is 4.74 Å². The molecule has 104 valence electrons. The van der Waals surface area contributed by atoms with Gasteiger partial charge in [0, 0.05) is 12.2 Å². The largest absolute Gasteiger partial charge is 0.497 e. The van der Waals surface area contributed by atoms with Crippen molar-refractivity contribution in [2.45, 2.75) is 12.5 Å². The van der Waals surface area contributed by atoms with Crippen molar-refractivity contribution in [1.29, 1.82) is 0 Å². The number of nitrogens with zero attached hydrogens (tertiary/aromatic N) is 1. The van der Waals surface area contributed by atoms with Crippen LogP contribution < -0.4 is 10.5 Å². The molecule has 0 saturated heterocycles. The van der Waals surface area contributed by atoms with Crippen molar-refractivity contribution in [2.75, 3.05) is 26.4 Å². The van der Waals surface area contributed by atoms with Gasteiger partial charge in [-0.05, 0) is 54.4 Å². The van der Waals surface area contributed by atoms with E-state index in [2.05, 4.69) is 36.2 Å². The minimum Gasteiger partial charge on any atom is -0.497 e. The molecule has 2 N–H and O–H groups in total. The molecule has 3 nitrogen and oxygen atoms in total. The van der Waals surface area contributed by atoms with E-state index in [1.54, 1.807) is 7.11 Å². The number of likely N-dealkylation sites (N-methyl/N-ethyl adjacent to an activating group) is 1. The molecule has 1 atom stereocenters. The first kappa shape index (κ1) is 13.0. The van der Waals surface area contributed by atoms with Crippen molar-refractivity contribution in [2.24, 2.45) is 0 Å². The summed E-state index contributed by atoms with van der Waals surface area (Å²) < 4.78 is 5.38. The number of ether oxygens (including phenoxy) is 1. The molecule has 0 aliphatic carbocycles. The first-order valence-electron chi connectivity index (χ1n) is 6.91. The molecule has 0 bridgehead atoms. The van der Waals surface area contributed by atoms with Gasteiger partial charge in [0.1, 0.15) is 5.75 Å². The van der Waals surface area contributed by atoms with Gasteiger partial charge in [-0.2, -0.15) is 0 Å². The maximum Gasteiger partial charge on any atom is 0.119 e. The molecule has 1 aliphatic heterocycles. The first-order chi connectivity index (χ1) is 9.69. The zero-order chi connectivity index (χ0) is 14.1. The fourth-order valence-corrected chi connectivity index (χ4v) is 3.01. The predicted molar refractivity (Wildman–Crippen MR) is 82.0 cm³/mol. The van der Waals surface area contributed by atoms with Crippen molar-refractivity contribution >= 4 is 5.69 Å². The van der Waals surface area contributed by atoms with Gasteiger partial charge in [0.2, 0.25) is 0 Å². The highest BCUT2D eigenvalue weighted by Crippen LogP contribution is 2.36. The number of hydrogen-bond donors (Lipinski definition) is 1. The van der Waals surface area contributed by atoms with Crippen LogP contribution in [0.3, 0.4) is 0 Å². The van der Waals surface area contributed by atoms with E-state index in [1.807, 2.05) is 18.2 Å². The average Bonchev–Trinajstić information content (AvgIpc) is 2.46. The summed E-state index contributed by atoms with van der Waals surface area (Å²) in [6.07, 6.45) is 1.08. The van der Waals surface area contributed by atoms with Gasteiger partial charge >= 0.3 is 0 Å². The van der Waals surface area contributed by atoms with Crippen LogP contribution in [0.15, 0.2) is 42.5 Å². The topological polar surface area (TPSA) is 38.5 Å². The Kier molecular flexibility index (Phi) is 3.36. The maximum absolute atomic E-state index is 5.94. The Bertz CT molecular complexity index is 624. The van der Waals surface area contributed by atoms with E-state index < -0.39 is 0 Å². The third kappa shape index (κ3) is 2.25. The summed E-state index contributed by atoms with van der Waals surface area (Å²) in [6.45, 7) is 1.05. The summed E-state index contributed by atoms with van der Waals surface area (Å²) in [4.78, 5) is 2.37. The lowest BCUT2D eigenvalue weighted by Gasteiger charge is -2.35. The number of nitrogens with two attached hydrogens (primary N) is 1. The third-order valence-electron chi connectivity index (χ3n) is 4.05. The minimum atomic E-state index is 0.248. The van der Waals surface area contributed by atoms with Gasteiger partial charge in [-0.25, -0.2) is 0 Å². The van der Waals surface area contributed by atoms with Crippen LogP contribution in [0.4, 0.5) is 5.69 Å². The lowest BCUT2D eigenvalue weighted by atomic mass is 9.88. The minimum absolute atomic E-state index is 0.248. The van der Waals surface area contributed by atoms with Gasteiger partial charge in [0.15, 0.2) is 0 Å². The van der Waals surface area contributed by atoms with Crippen LogP contribution in [0.1, 0.15) is 22.7 Å². The van der Waals surface area contributed by atoms with E-state index >= 15 is 0 Å². The number of anilines is 1. The van der Waals surface area contributed by atoms with Crippen LogP contribution in [0.5, 0.6) is 5.75 Å². The van der Waals surface area contributed by atoms with Crippen LogP contribution in [0.2, 0.25) is 0 Å². The molecule has 1 unspecified atom stereocenters. The monoisotopic (exact) mass is 268 g/mol. The standard InChI is InChI=1S/C17H20N2O/c1-19-9-8-12-6-7-15(20-2)11-16(12)17(19)13-4-3-5-14(18)10-13/h3-7,10-11,17H,8-9,18H2,1-2H3. The molecule has 0 radical (unpaired) electrons. The Hall–Kier alpha value is -2.00. The van der Waals surface area contributed by atoms with Crippen LogP contribution in [0.25, 0.3) is 0 Å². The zero-order valence-electron chi connectivity index (χ0n) is 12.0. The Morgan fingerprint density at radius 1 is 1.20 bits per heavy atom. The van der Waals surface area contributed by atoms with Crippen LogP contribution in [-0.4, -0.2) is 25.6 Å². The lowest BCUT2D eigenvalue weighted by Crippen LogP contribution is -2.32. The van der Waals surface area contributed by atoms with Gasteiger partial charge in [-0.15, -0.1) is 0 Å². The molecule has 0 amide bonds. The van der Waals surface area contributed by atoms with Gasteiger partial charge in [-0.1, -0.05) is 18.2 Å². The van der Waals surface area contributed by atoms with E-state index in [1.165, 1.54) is 16.7 Å². The number of methoxy groups -OCH3 is 1. The molecule has 0 fully saturated rings. The number of rotatable bonds is 2. The molecular formula is C17H20N2O. The SMILES string of the molecule is COc1ccc2c(c1)C(c1cccc(N)c1)N(C)CC2. The zero-order valence-corrected chi connectivity index (χ0v) is 12.0. The summed E-state index contributed by atoms with van der Waals surface area (Å²) in [5.74, 6) is 0.910. The Balaban J connectivity index is 2.11. The summed E-state index contributed by atoms with van der Waals surface area (Å²) in [5, 5.41) is 0. The van der Waals surface area contributed by atoms with E-state index in [0.29, 0.717) is 0 Å². The maximum atomic E-state index is 5.94. The number of fused-ring (bicyclic) bond motifs is 1. The van der Waals surface area contributed by atoms with Gasteiger partial charge in [-0.3, -0.25) is 4.90 Å². The van der Waals surface area contributed by atoms with Gasteiger partial charge < -0.3 is 10.5 Å². The van der Waals surface area contributed by atoms with Gasteiger partial charge in [0.05, 0.1) is 13.2 Å². The summed E-state index contributed by atoms with van der Waals surface area (Å²) in [6, 6.07) is 14.8. The molecule has 0 aromatic heterocycles. The van der Waals surface area contributed by atoms with Crippen molar-refractivity contribution in [1.82, 2.24) is 4.90 Å². The van der Waals surface area contributed by atoms with Crippen molar-refractivity contribution in [3.63, 3.8) is 0 Å². The molecule has 20 heavy (non-hydrogen) atoms. The number of hydrogen-bond acceptors (Lipinski definition) is 3. The molecule has 1 aliphatic rings. The summed E-state index contributed by atoms with van der Waals surface area (Å²) >= 11 is 0. The van der Waals surface area contributed by atoms with E-state index in [-0.39, 0.29) is 6.04 Å². The predicted octanol–water partition coefficient (Wildman–Crippen LogP) is 2.85. The molecule has 2 aromatic rings. The Morgan fingerprint density at radius 3 is 2.80 bits per heavy atom. The third-order valence-corrected chi connectivity index (χ3v) is 4.05. The summed E-state index contributed by atoms with van der Waals surface area (Å²) in [5.41, 5.74) is 10.7. The molecule has 0 spiro atoms. The van der Waals surface area contributed by atoms with E-state index in [0.717, 1.165) is 24.4 Å². The average molecular weight is 268 g/mol. The quantitative estimate of drug-likeness (QED) is 0.851. The van der Waals surface area contributed by atoms with E-state index in [9.17, 15) is 0 Å². The van der Waals surface area contributed by atoms with Crippen LogP contribution in [-0.2, 0) is 6.42 Å². The van der Waals surface area contributed by atoms with Gasteiger partial charge in [0.25, 0.3) is 0 Å². The highest BCUT2D eigenvalue weighted by atomic mass is 16.5. The van der Waals surface area contributed by atoms with Crippen molar-refractivity contribution in [3.05, 3.63) is 59.2 Å². The molecule has 3 rings (SSSR count). The molecule has 3 heteroatoms. The second kappa shape index (κ2) is 5.17. The first-order valence-corrected chi connectivity index (χ1v) is 6.91. The molecule has 2 aromatic carbocycles. The summed E-state index contributed by atoms with van der Waals surface area (Å²) in [7, 11) is 3.88. The normalized spacial score (nSPS) is 18.6. The van der Waals surface area contributed by atoms with E-state index in [4.69, 9.17) is 10.5 Å².